The predicted octanol–water partition coefficient (Wildman–Crippen LogP) is 2.65. The average Bonchev–Trinajstić information content (AvgIpc) is 2.42. The molecule has 2 atom stereocenters. The van der Waals surface area contributed by atoms with E-state index in [4.69, 9.17) is 5.11 Å². The first-order valence-electron chi connectivity index (χ1n) is 7.12. The third kappa shape index (κ3) is 3.83. The first kappa shape index (κ1) is 14.1. The van der Waals surface area contributed by atoms with Gasteiger partial charge in [0.25, 0.3) is 0 Å². The Morgan fingerprint density at radius 3 is 2.84 bits per heavy atom. The second kappa shape index (κ2) is 6.75. The van der Waals surface area contributed by atoms with E-state index in [1.165, 1.54) is 24.9 Å². The molecule has 2 heteroatoms. The number of hydrogen-bond donors (Lipinski definition) is 1. The molecule has 1 heterocycles. The normalized spacial score (nSPS) is 23.7. The van der Waals surface area contributed by atoms with Gasteiger partial charge in [0.15, 0.2) is 0 Å². The van der Waals surface area contributed by atoms with Gasteiger partial charge in [-0.05, 0) is 37.3 Å². The number of aliphatic hydroxyl groups is 1. The summed E-state index contributed by atoms with van der Waals surface area (Å²) >= 11 is 0. The molecule has 0 bridgehead atoms. The van der Waals surface area contributed by atoms with Crippen molar-refractivity contribution in [3.63, 3.8) is 0 Å². The molecule has 2 unspecified atom stereocenters. The van der Waals surface area contributed by atoms with E-state index in [0.717, 1.165) is 18.0 Å². The summed E-state index contributed by atoms with van der Waals surface area (Å²) in [6, 6.07) is 8.91. The van der Waals surface area contributed by atoms with Crippen LogP contribution in [0.25, 0.3) is 0 Å². The summed E-state index contributed by atoms with van der Waals surface area (Å²) in [5.41, 5.74) is 2.31. The van der Waals surface area contributed by atoms with Gasteiger partial charge in [-0.1, -0.05) is 37.0 Å². The van der Waals surface area contributed by atoms with E-state index in [9.17, 15) is 0 Å². The zero-order valence-electron chi connectivity index (χ0n) is 11.9. The summed E-state index contributed by atoms with van der Waals surface area (Å²) in [6.45, 7) is 6.69. The van der Waals surface area contributed by atoms with Gasteiger partial charge in [0.2, 0.25) is 0 Å². The van der Waals surface area contributed by atoms with Gasteiger partial charge in [-0.3, -0.25) is 4.90 Å². The Kier molecular flexibility index (Phi) is 5.01. The molecule has 0 aliphatic carbocycles. The molecule has 0 saturated carbocycles. The summed E-state index contributed by atoms with van der Waals surface area (Å²) in [7, 11) is 0. The number of rotatable bonds is 2. The minimum absolute atomic E-state index is 0.0779. The van der Waals surface area contributed by atoms with Crippen LogP contribution >= 0.6 is 0 Å². The van der Waals surface area contributed by atoms with Gasteiger partial charge in [-0.25, -0.2) is 0 Å². The minimum atomic E-state index is -0.0779. The van der Waals surface area contributed by atoms with Gasteiger partial charge >= 0.3 is 0 Å². The van der Waals surface area contributed by atoms with Crippen molar-refractivity contribution < 1.29 is 5.11 Å². The zero-order chi connectivity index (χ0) is 13.7. The van der Waals surface area contributed by atoms with E-state index in [-0.39, 0.29) is 6.61 Å². The Morgan fingerprint density at radius 2 is 2.05 bits per heavy atom. The molecule has 1 fully saturated rings. The third-order valence-electron chi connectivity index (χ3n) is 3.94. The Morgan fingerprint density at radius 1 is 1.26 bits per heavy atom. The molecule has 0 amide bonds. The molecule has 1 saturated heterocycles. The molecule has 2 nitrogen and oxygen atoms in total. The van der Waals surface area contributed by atoms with E-state index in [1.54, 1.807) is 0 Å². The Labute approximate surface area is 116 Å². The summed E-state index contributed by atoms with van der Waals surface area (Å²) in [5.74, 6) is 6.59. The van der Waals surface area contributed by atoms with Crippen LogP contribution in [0.4, 0.5) is 0 Å². The van der Waals surface area contributed by atoms with Gasteiger partial charge in [0, 0.05) is 24.7 Å². The molecule has 1 aliphatic rings. The highest BCUT2D eigenvalue weighted by Crippen LogP contribution is 2.24. The van der Waals surface area contributed by atoms with Crippen LogP contribution in [0.15, 0.2) is 24.3 Å². The van der Waals surface area contributed by atoms with Gasteiger partial charge in [0.1, 0.15) is 6.61 Å². The largest absolute Gasteiger partial charge is 0.384 e. The Hall–Kier alpha value is -1.30. The smallest absolute Gasteiger partial charge is 0.104 e. The van der Waals surface area contributed by atoms with Gasteiger partial charge in [-0.15, -0.1) is 0 Å². The number of aliphatic hydroxyl groups excluding tert-OH is 1. The SMILES string of the molecule is CC1CCC(C)N(Cc2ccccc2C#CCO)C1. The van der Waals surface area contributed by atoms with E-state index < -0.39 is 0 Å². The molecular formula is C17H23NO. The van der Waals surface area contributed by atoms with Crippen molar-refractivity contribution in [1.29, 1.82) is 0 Å². The third-order valence-corrected chi connectivity index (χ3v) is 3.94. The fourth-order valence-electron chi connectivity index (χ4n) is 2.73. The summed E-state index contributed by atoms with van der Waals surface area (Å²) in [6.07, 6.45) is 2.62. The fourth-order valence-corrected chi connectivity index (χ4v) is 2.73. The Balaban J connectivity index is 2.13. The molecule has 0 radical (unpaired) electrons. The number of piperidine rings is 1. The molecule has 102 valence electrons. The Bertz CT molecular complexity index is 472. The van der Waals surface area contributed by atoms with Crippen LogP contribution in [-0.2, 0) is 6.54 Å². The van der Waals surface area contributed by atoms with Crippen molar-refractivity contribution in [3.8, 4) is 11.8 Å². The van der Waals surface area contributed by atoms with Gasteiger partial charge in [0.05, 0.1) is 0 Å². The summed E-state index contributed by atoms with van der Waals surface area (Å²) in [5, 5.41) is 8.83. The maximum Gasteiger partial charge on any atom is 0.104 e. The summed E-state index contributed by atoms with van der Waals surface area (Å²) in [4.78, 5) is 2.55. The monoisotopic (exact) mass is 257 g/mol. The van der Waals surface area contributed by atoms with Crippen molar-refractivity contribution in [2.24, 2.45) is 5.92 Å². The van der Waals surface area contributed by atoms with Crippen LogP contribution in [0.3, 0.4) is 0 Å². The van der Waals surface area contributed by atoms with Crippen molar-refractivity contribution >= 4 is 0 Å². The highest BCUT2D eigenvalue weighted by atomic mass is 16.2. The lowest BCUT2D eigenvalue weighted by Gasteiger charge is -2.37. The summed E-state index contributed by atoms with van der Waals surface area (Å²) < 4.78 is 0. The van der Waals surface area contributed by atoms with Crippen LogP contribution in [-0.4, -0.2) is 29.2 Å². The van der Waals surface area contributed by atoms with Crippen molar-refractivity contribution in [2.45, 2.75) is 39.3 Å². The lowest BCUT2D eigenvalue weighted by Crippen LogP contribution is -2.40. The molecule has 19 heavy (non-hydrogen) atoms. The van der Waals surface area contributed by atoms with Crippen LogP contribution < -0.4 is 0 Å². The zero-order valence-corrected chi connectivity index (χ0v) is 11.9. The van der Waals surface area contributed by atoms with Gasteiger partial charge in [-0.2, -0.15) is 0 Å². The maximum atomic E-state index is 8.83. The number of nitrogens with zero attached hydrogens (tertiary/aromatic N) is 1. The lowest BCUT2D eigenvalue weighted by atomic mass is 9.94. The molecular weight excluding hydrogens is 234 g/mol. The molecule has 2 rings (SSSR count). The highest BCUT2D eigenvalue weighted by Gasteiger charge is 2.23. The van der Waals surface area contributed by atoms with Crippen molar-refractivity contribution in [3.05, 3.63) is 35.4 Å². The van der Waals surface area contributed by atoms with Crippen molar-refractivity contribution in [1.82, 2.24) is 4.90 Å². The molecule has 1 N–H and O–H groups in total. The molecule has 1 aromatic carbocycles. The fraction of sp³-hybridized carbons (Fsp3) is 0.529. The molecule has 0 spiro atoms. The molecule has 1 aliphatic heterocycles. The first-order chi connectivity index (χ1) is 9.20. The highest BCUT2D eigenvalue weighted by molar-refractivity contribution is 5.41. The second-order valence-corrected chi connectivity index (χ2v) is 5.58. The predicted molar refractivity (Wildman–Crippen MR) is 78.7 cm³/mol. The average molecular weight is 257 g/mol. The van der Waals surface area contributed by atoms with E-state index in [1.807, 2.05) is 12.1 Å². The second-order valence-electron chi connectivity index (χ2n) is 5.58. The van der Waals surface area contributed by atoms with Crippen LogP contribution in [0.2, 0.25) is 0 Å². The van der Waals surface area contributed by atoms with E-state index in [0.29, 0.717) is 6.04 Å². The number of benzene rings is 1. The topological polar surface area (TPSA) is 23.5 Å². The van der Waals surface area contributed by atoms with E-state index in [2.05, 4.69) is 42.7 Å². The minimum Gasteiger partial charge on any atom is -0.384 e. The van der Waals surface area contributed by atoms with E-state index >= 15 is 0 Å². The van der Waals surface area contributed by atoms with Crippen LogP contribution in [0, 0.1) is 17.8 Å². The van der Waals surface area contributed by atoms with Crippen LogP contribution in [0.1, 0.15) is 37.8 Å². The number of hydrogen-bond acceptors (Lipinski definition) is 2. The van der Waals surface area contributed by atoms with Crippen LogP contribution in [0.5, 0.6) is 0 Å². The first-order valence-corrected chi connectivity index (χ1v) is 7.12. The standard InChI is InChI=1S/C17H23NO/c1-14-9-10-15(2)18(12-14)13-17-7-4-3-6-16(17)8-5-11-19/h3-4,6-7,14-15,19H,9-13H2,1-2H3. The van der Waals surface area contributed by atoms with Gasteiger partial charge < -0.3 is 5.11 Å². The molecule has 0 aromatic heterocycles. The maximum absolute atomic E-state index is 8.83. The molecule has 1 aromatic rings. The quantitative estimate of drug-likeness (QED) is 0.823. The van der Waals surface area contributed by atoms with Crippen molar-refractivity contribution in [2.75, 3.05) is 13.2 Å². The lowest BCUT2D eigenvalue weighted by molar-refractivity contribution is 0.117. The number of likely N-dealkylation sites (tertiary alicyclic amines) is 1.